The predicted molar refractivity (Wildman–Crippen MR) is 89.8 cm³/mol. The molecule has 2 N–H and O–H groups in total. The van der Waals surface area contributed by atoms with Gasteiger partial charge in [-0.05, 0) is 37.6 Å². The molecule has 0 spiro atoms. The third-order valence-electron chi connectivity index (χ3n) is 3.27. The van der Waals surface area contributed by atoms with Crippen LogP contribution < -0.4 is 10.6 Å². The summed E-state index contributed by atoms with van der Waals surface area (Å²) < 4.78 is 0. The van der Waals surface area contributed by atoms with Crippen molar-refractivity contribution < 1.29 is 9.59 Å². The summed E-state index contributed by atoms with van der Waals surface area (Å²) in [6.07, 6.45) is 5.14. The average molecular weight is 312 g/mol. The lowest BCUT2D eigenvalue weighted by atomic mass is 10.1. The number of ketones is 1. The minimum absolute atomic E-state index is 0.0140. The second kappa shape index (κ2) is 8.03. The van der Waals surface area contributed by atoms with Crippen LogP contribution in [0.25, 0.3) is 0 Å². The number of rotatable bonds is 7. The number of carbonyl (C=O) groups is 2. The minimum atomic E-state index is -0.340. The molecule has 0 atom stereocenters. The highest BCUT2D eigenvalue weighted by Gasteiger charge is 2.09. The summed E-state index contributed by atoms with van der Waals surface area (Å²) in [6, 6.07) is 6.71. The van der Waals surface area contributed by atoms with Crippen LogP contribution in [-0.4, -0.2) is 28.2 Å². The quantitative estimate of drug-likeness (QED) is 0.606. The summed E-state index contributed by atoms with van der Waals surface area (Å²) in [5, 5.41) is 5.86. The minimum Gasteiger partial charge on any atom is -0.369 e. The third kappa shape index (κ3) is 4.88. The van der Waals surface area contributed by atoms with Gasteiger partial charge in [-0.25, -0.2) is 9.97 Å². The number of nitrogens with zero attached hydrogens (tertiary/aromatic N) is 2. The molecule has 6 heteroatoms. The number of benzene rings is 1. The highest BCUT2D eigenvalue weighted by atomic mass is 16.2. The number of hydrogen-bond acceptors (Lipinski definition) is 5. The van der Waals surface area contributed by atoms with E-state index in [1.165, 1.54) is 13.1 Å². The first kappa shape index (κ1) is 16.6. The van der Waals surface area contributed by atoms with E-state index in [0.717, 1.165) is 19.4 Å². The molecule has 120 valence electrons. The van der Waals surface area contributed by atoms with E-state index in [1.807, 2.05) is 0 Å². The van der Waals surface area contributed by atoms with Crippen LogP contribution in [0.3, 0.4) is 0 Å². The summed E-state index contributed by atoms with van der Waals surface area (Å²) in [5.41, 5.74) is 1.44. The topological polar surface area (TPSA) is 84.0 Å². The van der Waals surface area contributed by atoms with Gasteiger partial charge in [0.15, 0.2) is 5.78 Å². The molecule has 0 bridgehead atoms. The van der Waals surface area contributed by atoms with E-state index in [1.54, 1.807) is 30.5 Å². The van der Waals surface area contributed by atoms with E-state index in [4.69, 9.17) is 0 Å². The van der Waals surface area contributed by atoms with Gasteiger partial charge < -0.3 is 10.6 Å². The smallest absolute Gasteiger partial charge is 0.275 e. The van der Waals surface area contributed by atoms with Crippen molar-refractivity contribution in [3.63, 3.8) is 0 Å². The van der Waals surface area contributed by atoms with Gasteiger partial charge >= 0.3 is 0 Å². The van der Waals surface area contributed by atoms with Gasteiger partial charge in [-0.2, -0.15) is 0 Å². The third-order valence-corrected chi connectivity index (χ3v) is 3.27. The molecule has 0 aliphatic carbocycles. The summed E-state index contributed by atoms with van der Waals surface area (Å²) in [5.74, 6) is 0.300. The Hall–Kier alpha value is -2.76. The monoisotopic (exact) mass is 312 g/mol. The zero-order valence-corrected chi connectivity index (χ0v) is 13.3. The molecule has 23 heavy (non-hydrogen) atoms. The molecule has 2 aromatic rings. The van der Waals surface area contributed by atoms with Crippen molar-refractivity contribution in [3.05, 3.63) is 47.9 Å². The maximum atomic E-state index is 12.1. The van der Waals surface area contributed by atoms with Gasteiger partial charge in [0.2, 0.25) is 0 Å². The Labute approximate surface area is 135 Å². The average Bonchev–Trinajstić information content (AvgIpc) is 2.56. The Bertz CT molecular complexity index is 666. The molecule has 1 amide bonds. The molecule has 0 saturated carbocycles. The number of Topliss-reactive ketones (excluding diaryl/α,β-unsaturated/α-hetero) is 1. The first-order valence-electron chi connectivity index (χ1n) is 7.58. The number of aromatic nitrogens is 2. The van der Waals surface area contributed by atoms with E-state index < -0.39 is 0 Å². The number of unbranched alkanes of at least 4 members (excludes halogenated alkanes) is 1. The van der Waals surface area contributed by atoms with Crippen molar-refractivity contribution in [2.24, 2.45) is 0 Å². The summed E-state index contributed by atoms with van der Waals surface area (Å²) >= 11 is 0. The molecule has 0 radical (unpaired) electrons. The Kier molecular flexibility index (Phi) is 5.80. The fraction of sp³-hybridized carbons (Fsp3) is 0.294. The molecule has 1 aromatic carbocycles. The second-order valence-electron chi connectivity index (χ2n) is 5.15. The molecule has 0 unspecified atom stereocenters. The van der Waals surface area contributed by atoms with Crippen LogP contribution in [0.2, 0.25) is 0 Å². The van der Waals surface area contributed by atoms with Crippen LogP contribution in [0.4, 0.5) is 11.5 Å². The first-order valence-corrected chi connectivity index (χ1v) is 7.58. The summed E-state index contributed by atoms with van der Waals surface area (Å²) in [6.45, 7) is 4.45. The van der Waals surface area contributed by atoms with Crippen LogP contribution in [-0.2, 0) is 0 Å². The Morgan fingerprint density at radius 2 is 1.83 bits per heavy atom. The Balaban J connectivity index is 1.96. The SMILES string of the molecule is CCCCNc1cnc(C(=O)Nc2ccc(C(C)=O)cc2)cn1. The van der Waals surface area contributed by atoms with Gasteiger partial charge in [0.25, 0.3) is 5.91 Å². The number of nitrogens with one attached hydrogen (secondary N) is 2. The molecule has 1 aromatic heterocycles. The molecule has 0 aliphatic rings. The van der Waals surface area contributed by atoms with Gasteiger partial charge in [-0.1, -0.05) is 13.3 Å². The fourth-order valence-electron chi connectivity index (χ4n) is 1.91. The van der Waals surface area contributed by atoms with Gasteiger partial charge in [0, 0.05) is 17.8 Å². The summed E-state index contributed by atoms with van der Waals surface area (Å²) in [7, 11) is 0. The molecule has 0 aliphatic heterocycles. The maximum Gasteiger partial charge on any atom is 0.275 e. The lowest BCUT2D eigenvalue weighted by Gasteiger charge is -2.07. The highest BCUT2D eigenvalue weighted by molar-refractivity contribution is 6.03. The molecule has 0 fully saturated rings. The van der Waals surface area contributed by atoms with E-state index in [9.17, 15) is 9.59 Å². The lowest BCUT2D eigenvalue weighted by molar-refractivity contribution is 0.101. The van der Waals surface area contributed by atoms with Crippen molar-refractivity contribution in [1.29, 1.82) is 0 Å². The van der Waals surface area contributed by atoms with Gasteiger partial charge in [0.05, 0.1) is 12.4 Å². The number of hydrogen-bond donors (Lipinski definition) is 2. The highest BCUT2D eigenvalue weighted by Crippen LogP contribution is 2.11. The van der Waals surface area contributed by atoms with Gasteiger partial charge in [-0.15, -0.1) is 0 Å². The zero-order valence-electron chi connectivity index (χ0n) is 13.3. The van der Waals surface area contributed by atoms with E-state index in [2.05, 4.69) is 27.5 Å². The van der Waals surface area contributed by atoms with Crippen LogP contribution in [0.5, 0.6) is 0 Å². The first-order chi connectivity index (χ1) is 11.1. The second-order valence-corrected chi connectivity index (χ2v) is 5.15. The van der Waals surface area contributed by atoms with Crippen molar-refractivity contribution in [2.75, 3.05) is 17.2 Å². The van der Waals surface area contributed by atoms with Crippen molar-refractivity contribution in [2.45, 2.75) is 26.7 Å². The molecular formula is C17H20N4O2. The number of anilines is 2. The number of carbonyl (C=O) groups excluding carboxylic acids is 2. The van der Waals surface area contributed by atoms with Crippen LogP contribution in [0, 0.1) is 0 Å². The molecule has 6 nitrogen and oxygen atoms in total. The van der Waals surface area contributed by atoms with Gasteiger partial charge in [0.1, 0.15) is 11.5 Å². The fourth-order valence-corrected chi connectivity index (χ4v) is 1.91. The van der Waals surface area contributed by atoms with E-state index >= 15 is 0 Å². The summed E-state index contributed by atoms with van der Waals surface area (Å²) in [4.78, 5) is 31.6. The van der Waals surface area contributed by atoms with Crippen molar-refractivity contribution in [3.8, 4) is 0 Å². The molecular weight excluding hydrogens is 292 g/mol. The normalized spacial score (nSPS) is 10.2. The van der Waals surface area contributed by atoms with Crippen LogP contribution in [0.15, 0.2) is 36.7 Å². The van der Waals surface area contributed by atoms with Crippen LogP contribution in [0.1, 0.15) is 47.5 Å². The van der Waals surface area contributed by atoms with Crippen LogP contribution >= 0.6 is 0 Å². The van der Waals surface area contributed by atoms with Crippen molar-refractivity contribution in [1.82, 2.24) is 9.97 Å². The Morgan fingerprint density at radius 1 is 1.09 bits per heavy atom. The molecule has 2 rings (SSSR count). The largest absolute Gasteiger partial charge is 0.369 e. The van der Waals surface area contributed by atoms with E-state index in [-0.39, 0.29) is 17.4 Å². The maximum absolute atomic E-state index is 12.1. The molecule has 0 saturated heterocycles. The predicted octanol–water partition coefficient (Wildman–Crippen LogP) is 3.14. The zero-order chi connectivity index (χ0) is 16.7. The number of amides is 1. The lowest BCUT2D eigenvalue weighted by Crippen LogP contribution is -2.14. The van der Waals surface area contributed by atoms with E-state index in [0.29, 0.717) is 17.1 Å². The van der Waals surface area contributed by atoms with Crippen molar-refractivity contribution >= 4 is 23.2 Å². The standard InChI is InChI=1S/C17H20N4O2/c1-3-4-9-18-16-11-19-15(10-20-16)17(23)21-14-7-5-13(6-8-14)12(2)22/h5-8,10-11H,3-4,9H2,1-2H3,(H,18,20)(H,21,23). The Morgan fingerprint density at radius 3 is 2.39 bits per heavy atom. The molecule has 1 heterocycles. The van der Waals surface area contributed by atoms with Gasteiger partial charge in [-0.3, -0.25) is 9.59 Å².